The van der Waals surface area contributed by atoms with Crippen molar-refractivity contribution in [3.63, 3.8) is 0 Å². The van der Waals surface area contributed by atoms with Crippen molar-refractivity contribution in [3.8, 4) is 11.5 Å². The molecule has 8 heteroatoms. The second kappa shape index (κ2) is 12.6. The Hall–Kier alpha value is -6.54. The number of hydrogen-bond acceptors (Lipinski definition) is 8. The highest BCUT2D eigenvalue weighted by Crippen LogP contribution is 2.37. The van der Waals surface area contributed by atoms with E-state index >= 15 is 0 Å². The molecule has 0 aliphatic carbocycles. The highest BCUT2D eigenvalue weighted by Gasteiger charge is 2.07. The largest absolute Gasteiger partial charge is 0.506 e. The Balaban J connectivity index is 0.000000147. The predicted molar refractivity (Wildman–Crippen MR) is 183 cm³/mol. The van der Waals surface area contributed by atoms with E-state index in [-0.39, 0.29) is 11.5 Å². The average molecular weight is 599 g/mol. The van der Waals surface area contributed by atoms with Crippen LogP contribution in [0.2, 0.25) is 0 Å². The molecule has 0 spiro atoms. The number of pyridine rings is 2. The number of benzene rings is 6. The molecule has 0 radical (unpaired) electrons. The Bertz CT molecular complexity index is 2410. The van der Waals surface area contributed by atoms with Crippen LogP contribution in [-0.2, 0) is 0 Å². The van der Waals surface area contributed by atoms with Gasteiger partial charge in [-0.1, -0.05) is 91.0 Å². The minimum atomic E-state index is 0.112. The third kappa shape index (κ3) is 5.82. The lowest BCUT2D eigenvalue weighted by molar-refractivity contribution is 0.476. The van der Waals surface area contributed by atoms with Crippen molar-refractivity contribution >= 4 is 66.1 Å². The summed E-state index contributed by atoms with van der Waals surface area (Å²) in [4.78, 5) is 8.71. The molecule has 6 aromatic carbocycles. The van der Waals surface area contributed by atoms with E-state index < -0.39 is 0 Å². The summed E-state index contributed by atoms with van der Waals surface area (Å²) in [6, 6.07) is 41.9. The van der Waals surface area contributed by atoms with Gasteiger partial charge < -0.3 is 10.2 Å². The van der Waals surface area contributed by atoms with Crippen molar-refractivity contribution in [1.82, 2.24) is 9.97 Å². The number of aromatic hydroxyl groups is 2. The Morgan fingerprint density at radius 2 is 0.913 bits per heavy atom. The number of fused-ring (bicyclic) bond motifs is 4. The van der Waals surface area contributed by atoms with E-state index in [0.29, 0.717) is 22.7 Å². The third-order valence-corrected chi connectivity index (χ3v) is 7.47. The van der Waals surface area contributed by atoms with Crippen LogP contribution in [0.5, 0.6) is 11.5 Å². The molecule has 46 heavy (non-hydrogen) atoms. The van der Waals surface area contributed by atoms with E-state index in [4.69, 9.17) is 0 Å². The van der Waals surface area contributed by atoms with Gasteiger partial charge in [-0.05, 0) is 58.6 Å². The van der Waals surface area contributed by atoms with Crippen molar-refractivity contribution in [1.29, 1.82) is 0 Å². The highest BCUT2D eigenvalue weighted by atomic mass is 16.3. The molecular formula is C38H26N6O2. The van der Waals surface area contributed by atoms with Crippen LogP contribution < -0.4 is 0 Å². The smallest absolute Gasteiger partial charge is 0.143 e. The van der Waals surface area contributed by atoms with Gasteiger partial charge in [-0.3, -0.25) is 9.97 Å². The molecular weight excluding hydrogens is 572 g/mol. The standard InChI is InChI=1S/2C19H13N3O/c23-17-11-10-13-5-1-2-8-15(13)19(17)22-21-16-9-3-6-14-7-4-12-20-18(14)16;23-18-12-15-6-2-1-5-14(15)11-17(18)22-21-16-9-3-7-13-8-4-10-20-19(13)16/h2*1-12,23H. The van der Waals surface area contributed by atoms with E-state index in [2.05, 4.69) is 30.4 Å². The summed E-state index contributed by atoms with van der Waals surface area (Å²) in [6.07, 6.45) is 3.46. The van der Waals surface area contributed by atoms with Crippen LogP contribution in [0, 0.1) is 0 Å². The van der Waals surface area contributed by atoms with Crippen LogP contribution in [-0.4, -0.2) is 20.2 Å². The van der Waals surface area contributed by atoms with E-state index in [9.17, 15) is 10.2 Å². The maximum Gasteiger partial charge on any atom is 0.143 e. The normalized spacial score (nSPS) is 11.5. The molecule has 8 rings (SSSR count). The molecule has 0 fully saturated rings. The first-order valence-corrected chi connectivity index (χ1v) is 14.6. The molecule has 2 aromatic heterocycles. The fourth-order valence-corrected chi connectivity index (χ4v) is 5.19. The molecule has 0 bridgehead atoms. The Morgan fingerprint density at radius 3 is 1.59 bits per heavy atom. The van der Waals surface area contributed by atoms with Gasteiger partial charge in [-0.2, -0.15) is 0 Å². The number of phenolic OH excluding ortho intramolecular Hbond substituents is 2. The number of aromatic nitrogens is 2. The first-order chi connectivity index (χ1) is 22.6. The SMILES string of the molecule is Oc1cc2ccccc2cc1N=Nc1cccc2cccnc12.Oc1ccc2ccccc2c1N=Nc1cccc2cccnc12. The molecule has 8 nitrogen and oxygen atoms in total. The Labute approximate surface area is 263 Å². The molecule has 0 unspecified atom stereocenters. The number of para-hydroxylation sites is 2. The number of nitrogens with zero attached hydrogens (tertiary/aromatic N) is 6. The van der Waals surface area contributed by atoms with Gasteiger partial charge in [0.1, 0.15) is 34.2 Å². The molecule has 0 saturated carbocycles. The summed E-state index contributed by atoms with van der Waals surface area (Å²) in [5.41, 5.74) is 3.84. The predicted octanol–water partition coefficient (Wildman–Crippen LogP) is 11.0. The summed E-state index contributed by atoms with van der Waals surface area (Å²) in [7, 11) is 0. The summed E-state index contributed by atoms with van der Waals surface area (Å²) in [5, 5.41) is 43.2. The number of rotatable bonds is 4. The lowest BCUT2D eigenvalue weighted by Gasteiger charge is -2.04. The van der Waals surface area contributed by atoms with Gasteiger partial charge in [-0.15, -0.1) is 20.5 Å². The lowest BCUT2D eigenvalue weighted by Crippen LogP contribution is -1.78. The minimum absolute atomic E-state index is 0.112. The van der Waals surface area contributed by atoms with Crippen molar-refractivity contribution < 1.29 is 10.2 Å². The summed E-state index contributed by atoms with van der Waals surface area (Å²) in [6.45, 7) is 0. The second-order valence-corrected chi connectivity index (χ2v) is 10.4. The van der Waals surface area contributed by atoms with Crippen LogP contribution in [0.15, 0.2) is 166 Å². The summed E-state index contributed by atoms with van der Waals surface area (Å²) in [5.74, 6) is 0.223. The molecule has 0 amide bonds. The fraction of sp³-hybridized carbons (Fsp3) is 0. The van der Waals surface area contributed by atoms with Crippen LogP contribution in [0.1, 0.15) is 0 Å². The molecule has 0 atom stereocenters. The maximum atomic E-state index is 10.1. The number of hydrogen-bond donors (Lipinski definition) is 2. The van der Waals surface area contributed by atoms with Crippen molar-refractivity contribution in [2.24, 2.45) is 20.5 Å². The fourth-order valence-electron chi connectivity index (χ4n) is 5.19. The molecule has 0 aliphatic heterocycles. The van der Waals surface area contributed by atoms with Crippen LogP contribution >= 0.6 is 0 Å². The van der Waals surface area contributed by atoms with Gasteiger partial charge >= 0.3 is 0 Å². The van der Waals surface area contributed by atoms with Gasteiger partial charge in [0.2, 0.25) is 0 Å². The summed E-state index contributed by atoms with van der Waals surface area (Å²) < 4.78 is 0. The number of azo groups is 2. The van der Waals surface area contributed by atoms with Gasteiger partial charge in [0.15, 0.2) is 0 Å². The van der Waals surface area contributed by atoms with Gasteiger partial charge in [0, 0.05) is 28.6 Å². The van der Waals surface area contributed by atoms with Crippen LogP contribution in [0.25, 0.3) is 43.4 Å². The van der Waals surface area contributed by atoms with E-state index in [1.54, 1.807) is 24.5 Å². The maximum absolute atomic E-state index is 10.1. The van der Waals surface area contributed by atoms with E-state index in [0.717, 1.165) is 43.4 Å². The highest BCUT2D eigenvalue weighted by molar-refractivity contribution is 5.95. The van der Waals surface area contributed by atoms with E-state index in [1.165, 1.54) is 0 Å². The summed E-state index contributed by atoms with van der Waals surface area (Å²) >= 11 is 0. The van der Waals surface area contributed by atoms with Crippen molar-refractivity contribution in [2.45, 2.75) is 0 Å². The molecule has 8 aromatic rings. The van der Waals surface area contributed by atoms with Gasteiger partial charge in [0.05, 0.1) is 11.0 Å². The van der Waals surface area contributed by atoms with Gasteiger partial charge in [-0.25, -0.2) is 0 Å². The van der Waals surface area contributed by atoms with Crippen molar-refractivity contribution in [2.75, 3.05) is 0 Å². The second-order valence-electron chi connectivity index (χ2n) is 10.4. The monoisotopic (exact) mass is 598 g/mol. The number of phenols is 2. The molecule has 2 heterocycles. The first kappa shape index (κ1) is 28.2. The molecule has 2 N–H and O–H groups in total. The minimum Gasteiger partial charge on any atom is -0.506 e. The van der Waals surface area contributed by atoms with Crippen LogP contribution in [0.3, 0.4) is 0 Å². The average Bonchev–Trinajstić information content (AvgIpc) is 3.10. The first-order valence-electron chi connectivity index (χ1n) is 14.6. The third-order valence-electron chi connectivity index (χ3n) is 7.47. The van der Waals surface area contributed by atoms with Gasteiger partial charge in [0.25, 0.3) is 0 Å². The molecule has 0 saturated heterocycles. The Morgan fingerprint density at radius 1 is 0.391 bits per heavy atom. The zero-order valence-electron chi connectivity index (χ0n) is 24.4. The zero-order chi connectivity index (χ0) is 31.3. The Kier molecular flexibility index (Phi) is 7.73. The molecule has 220 valence electrons. The van der Waals surface area contributed by atoms with E-state index in [1.807, 2.05) is 121 Å². The lowest BCUT2D eigenvalue weighted by atomic mass is 10.1. The van der Waals surface area contributed by atoms with Crippen LogP contribution in [0.4, 0.5) is 22.7 Å². The zero-order valence-corrected chi connectivity index (χ0v) is 24.4. The topological polar surface area (TPSA) is 116 Å². The molecule has 0 aliphatic rings. The van der Waals surface area contributed by atoms with Crippen molar-refractivity contribution in [3.05, 3.63) is 146 Å². The quantitative estimate of drug-likeness (QED) is 0.196.